The number of benzene rings is 1. The molecule has 1 amide bonds. The molecule has 0 aliphatic heterocycles. The molecule has 1 aromatic heterocycles. The number of nitrogens with zero attached hydrogens (tertiary/aromatic N) is 1. The largest absolute Gasteiger partial charge is 0.351 e. The van der Waals surface area contributed by atoms with Crippen molar-refractivity contribution < 1.29 is 13.7 Å². The average Bonchev–Trinajstić information content (AvgIpc) is 2.84. The Kier molecular flexibility index (Phi) is 4.64. The van der Waals surface area contributed by atoms with Crippen LogP contribution in [0, 0.1) is 18.2 Å². The molecule has 0 spiro atoms. The first-order valence-corrected chi connectivity index (χ1v) is 7.24. The lowest BCUT2D eigenvalue weighted by Crippen LogP contribution is -2.31. The molecule has 0 bridgehead atoms. The third-order valence-electron chi connectivity index (χ3n) is 3.25. The standard InChI is InChI=1S/C17H21FN2O2/c1-11-9-15(22-20-11)16(21)19-14(10-17(2,3)4)12-5-7-13(18)8-6-12/h5-9,14H,10H2,1-4H3,(H,19,21)/t14-/m0/s1. The number of hydrogen-bond acceptors (Lipinski definition) is 3. The van der Waals surface area contributed by atoms with Gasteiger partial charge in [0, 0.05) is 6.07 Å². The van der Waals surface area contributed by atoms with Crippen LogP contribution in [-0.4, -0.2) is 11.1 Å². The minimum atomic E-state index is -0.320. The van der Waals surface area contributed by atoms with Crippen LogP contribution >= 0.6 is 0 Å². The summed E-state index contributed by atoms with van der Waals surface area (Å²) < 4.78 is 18.1. The number of carbonyl (C=O) groups excluding carboxylic acids is 1. The maximum atomic E-state index is 13.1. The molecule has 2 rings (SSSR count). The zero-order chi connectivity index (χ0) is 16.3. The summed E-state index contributed by atoms with van der Waals surface area (Å²) in [6.07, 6.45) is 0.720. The third kappa shape index (κ3) is 4.41. The van der Waals surface area contributed by atoms with E-state index in [1.54, 1.807) is 25.1 Å². The minimum absolute atomic E-state index is 0.00363. The molecule has 0 aliphatic carbocycles. The number of nitrogens with one attached hydrogen (secondary N) is 1. The number of amides is 1. The Morgan fingerprint density at radius 1 is 1.32 bits per heavy atom. The van der Waals surface area contributed by atoms with Gasteiger partial charge in [0.1, 0.15) is 5.82 Å². The van der Waals surface area contributed by atoms with Crippen molar-refractivity contribution in [3.8, 4) is 0 Å². The lowest BCUT2D eigenvalue weighted by molar-refractivity contribution is 0.0889. The summed E-state index contributed by atoms with van der Waals surface area (Å²) in [7, 11) is 0. The fourth-order valence-electron chi connectivity index (χ4n) is 2.26. The van der Waals surface area contributed by atoms with Gasteiger partial charge >= 0.3 is 0 Å². The van der Waals surface area contributed by atoms with Crippen LogP contribution in [0.3, 0.4) is 0 Å². The highest BCUT2D eigenvalue weighted by Gasteiger charge is 2.24. The van der Waals surface area contributed by atoms with Gasteiger partial charge < -0.3 is 9.84 Å². The number of rotatable bonds is 4. The van der Waals surface area contributed by atoms with E-state index in [1.807, 2.05) is 0 Å². The lowest BCUT2D eigenvalue weighted by atomic mass is 9.85. The Hall–Kier alpha value is -2.17. The van der Waals surface area contributed by atoms with Crippen molar-refractivity contribution in [2.24, 2.45) is 5.41 Å². The van der Waals surface area contributed by atoms with E-state index in [0.29, 0.717) is 5.69 Å². The molecule has 0 radical (unpaired) electrons. The highest BCUT2D eigenvalue weighted by atomic mass is 19.1. The fraction of sp³-hybridized carbons (Fsp3) is 0.412. The Balaban J connectivity index is 2.21. The van der Waals surface area contributed by atoms with Crippen molar-refractivity contribution >= 4 is 5.91 Å². The Morgan fingerprint density at radius 3 is 2.45 bits per heavy atom. The Labute approximate surface area is 129 Å². The van der Waals surface area contributed by atoms with E-state index in [1.165, 1.54) is 12.1 Å². The summed E-state index contributed by atoms with van der Waals surface area (Å²) in [6, 6.07) is 7.55. The number of carbonyl (C=O) groups is 1. The van der Waals surface area contributed by atoms with Gasteiger partial charge in [-0.1, -0.05) is 38.1 Å². The van der Waals surface area contributed by atoms with Gasteiger partial charge in [0.25, 0.3) is 5.91 Å². The summed E-state index contributed by atoms with van der Waals surface area (Å²) in [4.78, 5) is 12.3. The van der Waals surface area contributed by atoms with Crippen molar-refractivity contribution in [1.82, 2.24) is 10.5 Å². The van der Waals surface area contributed by atoms with Gasteiger partial charge in [-0.15, -0.1) is 0 Å². The van der Waals surface area contributed by atoms with Crippen LogP contribution in [-0.2, 0) is 0 Å². The van der Waals surface area contributed by atoms with E-state index in [-0.39, 0.29) is 28.9 Å². The van der Waals surface area contributed by atoms with Crippen molar-refractivity contribution in [3.05, 3.63) is 53.2 Å². The molecular weight excluding hydrogens is 283 g/mol. The van der Waals surface area contributed by atoms with E-state index >= 15 is 0 Å². The Bertz CT molecular complexity index is 641. The molecule has 2 aromatic rings. The van der Waals surface area contributed by atoms with Gasteiger partial charge in [-0.25, -0.2) is 4.39 Å². The topological polar surface area (TPSA) is 55.1 Å². The van der Waals surface area contributed by atoms with Crippen molar-refractivity contribution in [2.75, 3.05) is 0 Å². The molecule has 0 unspecified atom stereocenters. The Morgan fingerprint density at radius 2 is 1.95 bits per heavy atom. The van der Waals surface area contributed by atoms with Crippen molar-refractivity contribution in [2.45, 2.75) is 40.2 Å². The minimum Gasteiger partial charge on any atom is -0.351 e. The molecule has 22 heavy (non-hydrogen) atoms. The van der Waals surface area contributed by atoms with Gasteiger partial charge in [0.15, 0.2) is 0 Å². The van der Waals surface area contributed by atoms with E-state index in [4.69, 9.17) is 4.52 Å². The molecule has 1 N–H and O–H groups in total. The molecule has 4 nitrogen and oxygen atoms in total. The first-order chi connectivity index (χ1) is 10.2. The average molecular weight is 304 g/mol. The smallest absolute Gasteiger partial charge is 0.290 e. The van der Waals surface area contributed by atoms with Gasteiger partial charge in [-0.3, -0.25) is 4.79 Å². The predicted octanol–water partition coefficient (Wildman–Crippen LogP) is 4.03. The molecule has 1 aromatic carbocycles. The SMILES string of the molecule is Cc1cc(C(=O)N[C@@H](CC(C)(C)C)c2ccc(F)cc2)on1. The van der Waals surface area contributed by atoms with E-state index < -0.39 is 0 Å². The monoisotopic (exact) mass is 304 g/mol. The highest BCUT2D eigenvalue weighted by molar-refractivity contribution is 5.91. The molecule has 0 fully saturated rings. The molecule has 0 saturated carbocycles. The van der Waals surface area contributed by atoms with Gasteiger partial charge in [-0.2, -0.15) is 0 Å². The molecule has 1 atom stereocenters. The molecule has 0 saturated heterocycles. The second kappa shape index (κ2) is 6.30. The van der Waals surface area contributed by atoms with E-state index in [0.717, 1.165) is 12.0 Å². The molecule has 1 heterocycles. The maximum Gasteiger partial charge on any atom is 0.290 e. The molecule has 118 valence electrons. The van der Waals surface area contributed by atoms with Crippen LogP contribution in [0.2, 0.25) is 0 Å². The molecular formula is C17H21FN2O2. The van der Waals surface area contributed by atoms with Crippen LogP contribution < -0.4 is 5.32 Å². The third-order valence-corrected chi connectivity index (χ3v) is 3.25. The van der Waals surface area contributed by atoms with Crippen LogP contribution in [0.1, 0.15) is 55.0 Å². The molecule has 0 aliphatic rings. The van der Waals surface area contributed by atoms with Gasteiger partial charge in [-0.05, 0) is 36.5 Å². The van der Waals surface area contributed by atoms with Crippen LogP contribution in [0.4, 0.5) is 4.39 Å². The first-order valence-electron chi connectivity index (χ1n) is 7.24. The predicted molar refractivity (Wildman–Crippen MR) is 81.9 cm³/mol. The first kappa shape index (κ1) is 16.2. The summed E-state index contributed by atoms with van der Waals surface area (Å²) >= 11 is 0. The highest BCUT2D eigenvalue weighted by Crippen LogP contribution is 2.29. The number of hydrogen-bond donors (Lipinski definition) is 1. The van der Waals surface area contributed by atoms with Crippen LogP contribution in [0.5, 0.6) is 0 Å². The number of aryl methyl sites for hydroxylation is 1. The van der Waals surface area contributed by atoms with Crippen LogP contribution in [0.25, 0.3) is 0 Å². The zero-order valence-corrected chi connectivity index (χ0v) is 13.3. The van der Waals surface area contributed by atoms with Crippen LogP contribution in [0.15, 0.2) is 34.9 Å². The normalized spacial score (nSPS) is 13.0. The lowest BCUT2D eigenvalue weighted by Gasteiger charge is -2.27. The molecule has 5 heteroatoms. The second-order valence-electron chi connectivity index (χ2n) is 6.67. The zero-order valence-electron chi connectivity index (χ0n) is 13.3. The summed E-state index contributed by atoms with van der Waals surface area (Å²) in [5, 5.41) is 6.66. The van der Waals surface area contributed by atoms with E-state index in [2.05, 4.69) is 31.2 Å². The van der Waals surface area contributed by atoms with Crippen molar-refractivity contribution in [3.63, 3.8) is 0 Å². The second-order valence-corrected chi connectivity index (χ2v) is 6.67. The van der Waals surface area contributed by atoms with Crippen molar-refractivity contribution in [1.29, 1.82) is 0 Å². The van der Waals surface area contributed by atoms with Gasteiger partial charge in [0.05, 0.1) is 11.7 Å². The number of halogens is 1. The summed E-state index contributed by atoms with van der Waals surface area (Å²) in [5.74, 6) is -0.437. The summed E-state index contributed by atoms with van der Waals surface area (Å²) in [6.45, 7) is 8.03. The fourth-order valence-corrected chi connectivity index (χ4v) is 2.26. The van der Waals surface area contributed by atoms with Gasteiger partial charge in [0.2, 0.25) is 5.76 Å². The quantitative estimate of drug-likeness (QED) is 0.928. The number of aromatic nitrogens is 1. The maximum absolute atomic E-state index is 13.1. The summed E-state index contributed by atoms with van der Waals surface area (Å²) in [5.41, 5.74) is 1.52. The van der Waals surface area contributed by atoms with E-state index in [9.17, 15) is 9.18 Å².